The van der Waals surface area contributed by atoms with E-state index in [0.717, 1.165) is 61.2 Å². The van der Waals surface area contributed by atoms with E-state index >= 15 is 0 Å². The third kappa shape index (κ3) is 3.23. The molecule has 2 aliphatic heterocycles. The molecule has 1 aliphatic carbocycles. The van der Waals surface area contributed by atoms with Crippen LogP contribution in [0.4, 0.5) is 0 Å². The van der Waals surface area contributed by atoms with Crippen molar-refractivity contribution in [3.63, 3.8) is 0 Å². The zero-order valence-corrected chi connectivity index (χ0v) is 16.4. The molecule has 28 heavy (non-hydrogen) atoms. The van der Waals surface area contributed by atoms with Crippen LogP contribution in [0, 0.1) is 12.8 Å². The summed E-state index contributed by atoms with van der Waals surface area (Å²) >= 11 is 0. The van der Waals surface area contributed by atoms with E-state index in [4.69, 9.17) is 4.74 Å². The quantitative estimate of drug-likeness (QED) is 0.825. The average molecular weight is 377 g/mol. The van der Waals surface area contributed by atoms with Gasteiger partial charge in [-0.1, -0.05) is 30.3 Å². The smallest absolute Gasteiger partial charge is 0.256 e. The molecule has 2 saturated heterocycles. The van der Waals surface area contributed by atoms with Crippen molar-refractivity contribution in [3.05, 3.63) is 53.9 Å². The molecule has 1 aromatic carbocycles. The molecule has 0 bridgehead atoms. The van der Waals surface area contributed by atoms with Crippen molar-refractivity contribution in [1.29, 1.82) is 0 Å². The summed E-state index contributed by atoms with van der Waals surface area (Å²) in [5.41, 5.74) is 3.56. The Labute approximate surface area is 166 Å². The maximum Gasteiger partial charge on any atom is 0.256 e. The Kier molecular flexibility index (Phi) is 4.65. The third-order valence-electron chi connectivity index (χ3n) is 6.45. The number of aryl methyl sites for hydroxylation is 1. The first kappa shape index (κ1) is 17.8. The van der Waals surface area contributed by atoms with Crippen molar-refractivity contribution in [3.8, 4) is 11.1 Å². The highest BCUT2D eigenvalue weighted by Gasteiger charge is 2.43. The fourth-order valence-electron chi connectivity index (χ4n) is 4.80. The van der Waals surface area contributed by atoms with Crippen molar-refractivity contribution in [2.24, 2.45) is 5.92 Å². The minimum Gasteiger partial charge on any atom is -0.378 e. The van der Waals surface area contributed by atoms with E-state index in [-0.39, 0.29) is 5.91 Å². The number of hydrogen-bond acceptors (Lipinski definition) is 4. The molecule has 0 N–H and O–H groups in total. The highest BCUT2D eigenvalue weighted by molar-refractivity contribution is 6.01. The lowest BCUT2D eigenvalue weighted by molar-refractivity contribution is -0.0816. The SMILES string of the molecule is Cc1nccc(-c2ccccc2)c1C(=O)N1CCN2[C@@H](COC[C@@H]2C2CC2)C1. The van der Waals surface area contributed by atoms with Gasteiger partial charge in [-0.2, -0.15) is 0 Å². The standard InChI is InChI=1S/C23H27N3O2/c1-16-22(20(9-10-24-16)17-5-3-2-4-6-17)23(27)25-11-12-26-19(13-25)14-28-15-21(26)18-7-8-18/h2-6,9-10,18-19,21H,7-8,11-15H2,1H3/t19-,21-/m1/s1. The van der Waals surface area contributed by atoms with Gasteiger partial charge in [0.05, 0.1) is 30.5 Å². The third-order valence-corrected chi connectivity index (χ3v) is 6.45. The highest BCUT2D eigenvalue weighted by atomic mass is 16.5. The van der Waals surface area contributed by atoms with Crippen LogP contribution in [0.1, 0.15) is 28.9 Å². The summed E-state index contributed by atoms with van der Waals surface area (Å²) in [6.45, 7) is 5.98. The fraction of sp³-hybridized carbons (Fsp3) is 0.478. The van der Waals surface area contributed by atoms with Gasteiger partial charge in [0.25, 0.3) is 5.91 Å². The molecule has 1 saturated carbocycles. The molecule has 0 unspecified atom stereocenters. The molecule has 0 spiro atoms. The van der Waals surface area contributed by atoms with E-state index < -0.39 is 0 Å². The van der Waals surface area contributed by atoms with Crippen LogP contribution in [-0.2, 0) is 4.74 Å². The summed E-state index contributed by atoms with van der Waals surface area (Å²) in [7, 11) is 0. The number of rotatable bonds is 3. The molecular weight excluding hydrogens is 350 g/mol. The Balaban J connectivity index is 1.40. The molecule has 5 rings (SSSR count). The summed E-state index contributed by atoms with van der Waals surface area (Å²) in [6.07, 6.45) is 4.45. The first-order chi connectivity index (χ1) is 13.7. The molecule has 5 heteroatoms. The Morgan fingerprint density at radius 1 is 1.11 bits per heavy atom. The second kappa shape index (κ2) is 7.30. The lowest BCUT2D eigenvalue weighted by Crippen LogP contribution is -2.63. The lowest BCUT2D eigenvalue weighted by Gasteiger charge is -2.48. The number of aromatic nitrogens is 1. The number of hydrogen-bond donors (Lipinski definition) is 0. The number of fused-ring (bicyclic) bond motifs is 1. The molecule has 2 atom stereocenters. The Hall–Kier alpha value is -2.24. The summed E-state index contributed by atoms with van der Waals surface area (Å²) in [5, 5.41) is 0. The van der Waals surface area contributed by atoms with Gasteiger partial charge in [-0.05, 0) is 42.9 Å². The number of ether oxygens (including phenoxy) is 1. The molecule has 3 aliphatic rings. The van der Waals surface area contributed by atoms with Crippen LogP contribution in [0.5, 0.6) is 0 Å². The Morgan fingerprint density at radius 3 is 2.71 bits per heavy atom. The molecule has 5 nitrogen and oxygen atoms in total. The summed E-state index contributed by atoms with van der Waals surface area (Å²) in [6, 6.07) is 12.9. The fourth-order valence-corrected chi connectivity index (χ4v) is 4.80. The van der Waals surface area contributed by atoms with Crippen molar-refractivity contribution in [2.45, 2.75) is 31.8 Å². The Morgan fingerprint density at radius 2 is 1.93 bits per heavy atom. The summed E-state index contributed by atoms with van der Waals surface area (Å²) < 4.78 is 5.91. The van der Waals surface area contributed by atoms with Crippen LogP contribution >= 0.6 is 0 Å². The van der Waals surface area contributed by atoms with Gasteiger partial charge in [0.1, 0.15) is 0 Å². The van der Waals surface area contributed by atoms with Crippen molar-refractivity contribution >= 4 is 5.91 Å². The largest absolute Gasteiger partial charge is 0.378 e. The van der Waals surface area contributed by atoms with Gasteiger partial charge in [-0.3, -0.25) is 14.7 Å². The normalized spacial score (nSPS) is 25.4. The van der Waals surface area contributed by atoms with Crippen LogP contribution in [-0.4, -0.2) is 65.6 Å². The van der Waals surface area contributed by atoms with Gasteiger partial charge >= 0.3 is 0 Å². The number of amides is 1. The van der Waals surface area contributed by atoms with Crippen LogP contribution in [0.3, 0.4) is 0 Å². The van der Waals surface area contributed by atoms with Crippen LogP contribution < -0.4 is 0 Å². The zero-order valence-electron chi connectivity index (χ0n) is 16.4. The maximum absolute atomic E-state index is 13.5. The van der Waals surface area contributed by atoms with Gasteiger partial charge in [-0.15, -0.1) is 0 Å². The number of benzene rings is 1. The van der Waals surface area contributed by atoms with Crippen molar-refractivity contribution in [2.75, 3.05) is 32.8 Å². The van der Waals surface area contributed by atoms with E-state index in [2.05, 4.69) is 22.0 Å². The van der Waals surface area contributed by atoms with Crippen LogP contribution in [0.25, 0.3) is 11.1 Å². The van der Waals surface area contributed by atoms with Gasteiger partial charge in [0, 0.05) is 31.9 Å². The first-order valence-corrected chi connectivity index (χ1v) is 10.4. The second-order valence-corrected chi connectivity index (χ2v) is 8.27. The first-order valence-electron chi connectivity index (χ1n) is 10.4. The van der Waals surface area contributed by atoms with E-state index in [1.54, 1.807) is 6.20 Å². The minimum atomic E-state index is 0.0950. The summed E-state index contributed by atoms with van der Waals surface area (Å²) in [4.78, 5) is 22.6. The minimum absolute atomic E-state index is 0.0950. The van der Waals surface area contributed by atoms with Crippen LogP contribution in [0.15, 0.2) is 42.6 Å². The maximum atomic E-state index is 13.5. The molecule has 3 heterocycles. The second-order valence-electron chi connectivity index (χ2n) is 8.27. The molecule has 146 valence electrons. The van der Waals surface area contributed by atoms with E-state index in [9.17, 15) is 4.79 Å². The molecule has 1 aromatic heterocycles. The van der Waals surface area contributed by atoms with Crippen molar-refractivity contribution < 1.29 is 9.53 Å². The van der Waals surface area contributed by atoms with Gasteiger partial charge in [-0.25, -0.2) is 0 Å². The monoisotopic (exact) mass is 377 g/mol. The molecular formula is C23H27N3O2. The van der Waals surface area contributed by atoms with E-state index in [1.807, 2.05) is 36.1 Å². The van der Waals surface area contributed by atoms with Crippen LogP contribution in [0.2, 0.25) is 0 Å². The highest BCUT2D eigenvalue weighted by Crippen LogP contribution is 2.38. The predicted molar refractivity (Wildman–Crippen MR) is 108 cm³/mol. The number of pyridine rings is 1. The molecule has 0 radical (unpaired) electrons. The number of carbonyl (C=O) groups is 1. The van der Waals surface area contributed by atoms with E-state index in [1.165, 1.54) is 12.8 Å². The lowest BCUT2D eigenvalue weighted by atomic mass is 9.97. The topological polar surface area (TPSA) is 45.7 Å². The van der Waals surface area contributed by atoms with E-state index in [0.29, 0.717) is 12.1 Å². The number of piperazine rings is 1. The number of nitrogens with zero attached hydrogens (tertiary/aromatic N) is 3. The number of morpholine rings is 1. The predicted octanol–water partition coefficient (Wildman–Crippen LogP) is 2.99. The number of carbonyl (C=O) groups excluding carboxylic acids is 1. The molecule has 1 amide bonds. The van der Waals surface area contributed by atoms with Gasteiger partial charge in [0.2, 0.25) is 0 Å². The summed E-state index contributed by atoms with van der Waals surface area (Å²) in [5.74, 6) is 0.896. The Bertz CT molecular complexity index is 865. The average Bonchev–Trinajstić information content (AvgIpc) is 3.58. The van der Waals surface area contributed by atoms with Gasteiger partial charge in [0.15, 0.2) is 0 Å². The zero-order chi connectivity index (χ0) is 19.1. The molecule has 2 aromatic rings. The molecule has 3 fully saturated rings. The van der Waals surface area contributed by atoms with Gasteiger partial charge < -0.3 is 9.64 Å². The van der Waals surface area contributed by atoms with Crippen molar-refractivity contribution in [1.82, 2.24) is 14.8 Å².